The Morgan fingerprint density at radius 2 is 1.02 bits per heavy atom. The van der Waals surface area contributed by atoms with Crippen LogP contribution in [0.2, 0.25) is 0 Å². The Morgan fingerprint density at radius 3 is 1.59 bits per heavy atom. The fraction of sp³-hybridized carbons (Fsp3) is 0.192. The number of rotatable bonds is 8. The van der Waals surface area contributed by atoms with E-state index in [9.17, 15) is 0 Å². The second-order valence-electron chi connectivity index (χ2n) is 16.1. The smallest absolute Gasteiger partial charge is 0.0465 e. The molecule has 0 fully saturated rings. The minimum atomic E-state index is -0.147. The lowest BCUT2D eigenvalue weighted by atomic mass is 9.81. The predicted octanol–water partition coefficient (Wildman–Crippen LogP) is 14.8. The summed E-state index contributed by atoms with van der Waals surface area (Å²) in [5.41, 5.74) is 18.3. The number of thiophene rings is 1. The van der Waals surface area contributed by atoms with Crippen LogP contribution in [0.15, 0.2) is 146 Å². The van der Waals surface area contributed by atoms with E-state index in [0.29, 0.717) is 5.92 Å². The number of benzene rings is 7. The van der Waals surface area contributed by atoms with E-state index in [4.69, 9.17) is 0 Å². The Balaban J connectivity index is 1.07. The summed E-state index contributed by atoms with van der Waals surface area (Å²) in [6, 6.07) is 55.2. The van der Waals surface area contributed by atoms with Crippen molar-refractivity contribution in [3.8, 4) is 11.1 Å². The lowest BCUT2D eigenvalue weighted by molar-refractivity contribution is 0.667. The molecule has 0 aliphatic heterocycles. The molecule has 0 saturated carbocycles. The third-order valence-corrected chi connectivity index (χ3v) is 13.0. The van der Waals surface area contributed by atoms with Crippen molar-refractivity contribution in [3.63, 3.8) is 0 Å². The van der Waals surface area contributed by atoms with Gasteiger partial charge in [0.2, 0.25) is 0 Å². The molecule has 7 aromatic carbocycles. The maximum absolute atomic E-state index is 2.47. The van der Waals surface area contributed by atoms with Crippen LogP contribution in [0.1, 0.15) is 76.3 Å². The van der Waals surface area contributed by atoms with Gasteiger partial charge in [-0.15, -0.1) is 11.3 Å². The van der Waals surface area contributed by atoms with E-state index in [0.717, 1.165) is 12.8 Å². The molecule has 0 radical (unpaired) electrons. The fourth-order valence-corrected chi connectivity index (χ4v) is 10.2. The molecule has 0 N–H and O–H groups in total. The molecule has 0 atom stereocenters. The van der Waals surface area contributed by atoms with Gasteiger partial charge >= 0.3 is 0 Å². The summed E-state index contributed by atoms with van der Waals surface area (Å²) in [5, 5.41) is 2.74. The van der Waals surface area contributed by atoms with Crippen molar-refractivity contribution in [2.45, 2.75) is 65.7 Å². The van der Waals surface area contributed by atoms with E-state index in [1.54, 1.807) is 0 Å². The molecule has 0 bridgehead atoms. The summed E-state index contributed by atoms with van der Waals surface area (Å²) in [4.78, 5) is 2.40. The van der Waals surface area contributed by atoms with E-state index in [-0.39, 0.29) is 5.41 Å². The first-order valence-electron chi connectivity index (χ1n) is 19.3. The lowest BCUT2D eigenvalue weighted by Crippen LogP contribution is -2.16. The van der Waals surface area contributed by atoms with E-state index in [2.05, 4.69) is 192 Å². The van der Waals surface area contributed by atoms with Gasteiger partial charge in [0.25, 0.3) is 0 Å². The van der Waals surface area contributed by atoms with Crippen LogP contribution in [-0.4, -0.2) is 0 Å². The zero-order valence-corrected chi connectivity index (χ0v) is 33.0. The molecule has 1 aliphatic carbocycles. The summed E-state index contributed by atoms with van der Waals surface area (Å²) in [6.07, 6.45) is 2.11. The van der Waals surface area contributed by atoms with Crippen LogP contribution in [0.5, 0.6) is 0 Å². The maximum Gasteiger partial charge on any atom is 0.0465 e. The van der Waals surface area contributed by atoms with Gasteiger partial charge in [-0.05, 0) is 122 Å². The normalized spacial score (nSPS) is 13.1. The highest BCUT2D eigenvalue weighted by Gasteiger charge is 2.38. The third kappa shape index (κ3) is 6.03. The van der Waals surface area contributed by atoms with E-state index < -0.39 is 0 Å². The number of fused-ring (bicyclic) bond motifs is 7. The highest BCUT2D eigenvalue weighted by Crippen LogP contribution is 2.55. The average molecular weight is 718 g/mol. The first-order valence-corrected chi connectivity index (χ1v) is 20.2. The van der Waals surface area contributed by atoms with E-state index in [1.807, 2.05) is 11.3 Å². The van der Waals surface area contributed by atoms with Crippen LogP contribution in [0.3, 0.4) is 0 Å². The average Bonchev–Trinajstić information content (AvgIpc) is 3.65. The van der Waals surface area contributed by atoms with Gasteiger partial charge in [-0.1, -0.05) is 139 Å². The molecule has 1 aliphatic rings. The molecular weight excluding hydrogens is 671 g/mol. The van der Waals surface area contributed by atoms with E-state index >= 15 is 0 Å². The summed E-state index contributed by atoms with van der Waals surface area (Å²) in [7, 11) is 0. The van der Waals surface area contributed by atoms with Crippen molar-refractivity contribution in [3.05, 3.63) is 196 Å². The van der Waals surface area contributed by atoms with Crippen molar-refractivity contribution in [2.24, 2.45) is 0 Å². The lowest BCUT2D eigenvalue weighted by Gasteiger charge is -2.28. The Bertz CT molecular complexity index is 2550. The Kier molecular flexibility index (Phi) is 8.55. The van der Waals surface area contributed by atoms with Crippen LogP contribution in [0, 0.1) is 27.7 Å². The Morgan fingerprint density at radius 1 is 0.519 bits per heavy atom. The van der Waals surface area contributed by atoms with Crippen LogP contribution < -0.4 is 4.90 Å². The van der Waals surface area contributed by atoms with Crippen LogP contribution in [0.4, 0.5) is 17.1 Å². The van der Waals surface area contributed by atoms with Crippen LogP contribution >= 0.6 is 11.3 Å². The predicted molar refractivity (Wildman–Crippen MR) is 234 cm³/mol. The monoisotopic (exact) mass is 717 g/mol. The second-order valence-corrected chi connectivity index (χ2v) is 17.1. The first kappa shape index (κ1) is 34.3. The van der Waals surface area contributed by atoms with Crippen molar-refractivity contribution >= 4 is 48.6 Å². The topological polar surface area (TPSA) is 3.24 Å². The molecule has 1 aromatic heterocycles. The van der Waals surface area contributed by atoms with Crippen molar-refractivity contribution in [1.29, 1.82) is 0 Å². The number of anilines is 3. The van der Waals surface area contributed by atoms with Gasteiger partial charge in [0, 0.05) is 48.6 Å². The molecule has 8 aromatic rings. The SMILES string of the molecule is Cc1ccc(C(CCc2ccc3c(c2)sc2c4c(ccc23)-c2ccc(N(c3ccc(C)cc3)c3ccc(C)cc3)cc2C4(C)C)c2ccc(C)cc2)cc1. The summed E-state index contributed by atoms with van der Waals surface area (Å²) >= 11 is 1.98. The minimum absolute atomic E-state index is 0.147. The van der Waals surface area contributed by atoms with Gasteiger partial charge < -0.3 is 4.90 Å². The molecule has 266 valence electrons. The highest BCUT2D eigenvalue weighted by atomic mass is 32.1. The summed E-state index contributed by atoms with van der Waals surface area (Å²) < 4.78 is 2.81. The van der Waals surface area contributed by atoms with Crippen LogP contribution in [-0.2, 0) is 11.8 Å². The number of nitrogens with zero attached hydrogens (tertiary/aromatic N) is 1. The summed E-state index contributed by atoms with van der Waals surface area (Å²) in [6.45, 7) is 13.5. The first-order chi connectivity index (χ1) is 26.1. The molecule has 1 nitrogen and oxygen atoms in total. The summed E-state index contributed by atoms with van der Waals surface area (Å²) in [5.74, 6) is 0.365. The molecule has 0 saturated heterocycles. The van der Waals surface area contributed by atoms with Gasteiger partial charge in [-0.25, -0.2) is 0 Å². The zero-order chi connectivity index (χ0) is 37.1. The molecule has 2 heteroatoms. The number of hydrogen-bond donors (Lipinski definition) is 0. The van der Waals surface area contributed by atoms with Gasteiger partial charge in [0.1, 0.15) is 0 Å². The molecule has 1 heterocycles. The van der Waals surface area contributed by atoms with Gasteiger partial charge in [0.05, 0.1) is 0 Å². The Labute approximate surface area is 324 Å². The highest BCUT2D eigenvalue weighted by molar-refractivity contribution is 7.26. The van der Waals surface area contributed by atoms with Crippen molar-refractivity contribution < 1.29 is 0 Å². The fourth-order valence-electron chi connectivity index (χ4n) is 8.71. The number of hydrogen-bond acceptors (Lipinski definition) is 2. The zero-order valence-electron chi connectivity index (χ0n) is 32.2. The molecule has 0 amide bonds. The molecular formula is C52H47NS. The van der Waals surface area contributed by atoms with Gasteiger partial charge in [0.15, 0.2) is 0 Å². The minimum Gasteiger partial charge on any atom is -0.310 e. The van der Waals surface area contributed by atoms with Crippen LogP contribution in [0.25, 0.3) is 31.3 Å². The molecule has 54 heavy (non-hydrogen) atoms. The largest absolute Gasteiger partial charge is 0.310 e. The second kappa shape index (κ2) is 13.4. The van der Waals surface area contributed by atoms with Crippen molar-refractivity contribution in [1.82, 2.24) is 0 Å². The van der Waals surface area contributed by atoms with Gasteiger partial charge in [-0.3, -0.25) is 0 Å². The van der Waals surface area contributed by atoms with E-state index in [1.165, 1.54) is 98.4 Å². The maximum atomic E-state index is 2.47. The molecule has 0 unspecified atom stereocenters. The van der Waals surface area contributed by atoms with Crippen molar-refractivity contribution in [2.75, 3.05) is 4.90 Å². The number of aryl methyl sites for hydroxylation is 5. The quantitative estimate of drug-likeness (QED) is 0.151. The molecule has 0 spiro atoms. The third-order valence-electron chi connectivity index (χ3n) is 11.8. The van der Waals surface area contributed by atoms with Gasteiger partial charge in [-0.2, -0.15) is 0 Å². The molecule has 9 rings (SSSR count). The standard InChI is InChI=1S/C52H47NS/c1-33-7-17-38(18-8-33)43(39-19-9-34(2)10-20-39)26-15-37-16-27-45-47-30-29-46-44-28-25-42(32-48(44)52(5,6)50(46)51(47)54-49(45)31-37)53(40-21-11-35(3)12-22-40)41-23-13-36(4)14-24-41/h7-14,16-25,27-32,43H,15,26H2,1-6H3. The Hall–Kier alpha value is -5.44.